The Labute approximate surface area is 182 Å². The van der Waals surface area contributed by atoms with Crippen LogP contribution in [0.5, 0.6) is 0 Å². The van der Waals surface area contributed by atoms with E-state index in [0.29, 0.717) is 0 Å². The van der Waals surface area contributed by atoms with Crippen molar-refractivity contribution in [2.45, 2.75) is 0 Å². The predicted molar refractivity (Wildman–Crippen MR) is 130 cm³/mol. The zero-order valence-electron chi connectivity index (χ0n) is 16.9. The molecular weight excluding hydrogens is 399 g/mol. The van der Waals surface area contributed by atoms with Crippen molar-refractivity contribution in [3.05, 3.63) is 125 Å². The monoisotopic (exact) mass is 421 g/mol. The van der Waals surface area contributed by atoms with Crippen LogP contribution in [0.25, 0.3) is 12.4 Å². The molecule has 0 saturated heterocycles. The molecule has 1 heterocycles. The number of benzene rings is 4. The largest absolute Gasteiger partial charge is 0.313 e. The molecule has 0 bridgehead atoms. The molecule has 0 fully saturated rings. The third kappa shape index (κ3) is 3.34. The maximum absolute atomic E-state index is 14.5. The Morgan fingerprint density at radius 2 is 1.00 bits per heavy atom. The molecule has 4 aromatic rings. The van der Waals surface area contributed by atoms with Gasteiger partial charge in [-0.25, -0.2) is 4.79 Å². The van der Waals surface area contributed by atoms with Crippen LogP contribution >= 0.6 is 7.26 Å². The molecule has 0 unspecified atom stereocenters. The van der Waals surface area contributed by atoms with Gasteiger partial charge in [0.2, 0.25) is 0 Å². The van der Waals surface area contributed by atoms with E-state index in [-0.39, 0.29) is 5.52 Å². The van der Waals surface area contributed by atoms with Gasteiger partial charge in [0.05, 0.1) is 5.56 Å². The third-order valence-electron chi connectivity index (χ3n) is 5.61. The van der Waals surface area contributed by atoms with Gasteiger partial charge in [-0.1, -0.05) is 60.7 Å². The SMILES string of the molecule is O=C(c1ccc2c(c1)=CNNC=2)[P+](c1ccccc1)(c1ccccc1)c1ccccc1. The van der Waals surface area contributed by atoms with Crippen molar-refractivity contribution in [3.8, 4) is 0 Å². The highest BCUT2D eigenvalue weighted by molar-refractivity contribution is 8.08. The zero-order chi connectivity index (χ0) is 21.1. The lowest BCUT2D eigenvalue weighted by Crippen LogP contribution is -2.40. The lowest BCUT2D eigenvalue weighted by molar-refractivity contribution is 0.108. The molecular formula is C27H22N2OP+. The number of nitrogens with one attached hydrogen (secondary N) is 2. The first-order valence-electron chi connectivity index (χ1n) is 10.2. The van der Waals surface area contributed by atoms with Crippen molar-refractivity contribution in [2.24, 2.45) is 0 Å². The van der Waals surface area contributed by atoms with Gasteiger partial charge < -0.3 is 10.9 Å². The predicted octanol–water partition coefficient (Wildman–Crippen LogP) is 2.40. The van der Waals surface area contributed by atoms with Gasteiger partial charge in [-0.3, -0.25) is 0 Å². The second-order valence-electron chi connectivity index (χ2n) is 7.40. The molecule has 1 aliphatic rings. The number of fused-ring (bicyclic) bond motifs is 1. The van der Waals surface area contributed by atoms with Crippen LogP contribution < -0.4 is 37.2 Å². The molecule has 0 spiro atoms. The fourth-order valence-electron chi connectivity index (χ4n) is 4.15. The van der Waals surface area contributed by atoms with Crippen LogP contribution in [0, 0.1) is 0 Å². The summed E-state index contributed by atoms with van der Waals surface area (Å²) in [5.74, 6) is 0. The van der Waals surface area contributed by atoms with Crippen LogP contribution in [-0.4, -0.2) is 5.52 Å². The molecule has 3 nitrogen and oxygen atoms in total. The van der Waals surface area contributed by atoms with Gasteiger partial charge in [-0.15, -0.1) is 0 Å². The normalized spacial score (nSPS) is 12.4. The summed E-state index contributed by atoms with van der Waals surface area (Å²) in [5.41, 5.74) is 6.87. The van der Waals surface area contributed by atoms with Crippen molar-refractivity contribution < 1.29 is 4.79 Å². The van der Waals surface area contributed by atoms with Gasteiger partial charge in [-0.05, 0) is 48.5 Å². The number of rotatable bonds is 5. The zero-order valence-corrected chi connectivity index (χ0v) is 17.8. The number of carbonyl (C=O) groups is 1. The molecule has 4 heteroatoms. The van der Waals surface area contributed by atoms with Crippen molar-refractivity contribution in [1.82, 2.24) is 10.9 Å². The van der Waals surface area contributed by atoms with Crippen LogP contribution in [0.4, 0.5) is 0 Å². The van der Waals surface area contributed by atoms with E-state index in [0.717, 1.165) is 31.9 Å². The second-order valence-corrected chi connectivity index (χ2v) is 10.7. The molecule has 0 amide bonds. The molecule has 0 saturated carbocycles. The fourth-order valence-corrected chi connectivity index (χ4v) is 8.13. The average Bonchev–Trinajstić information content (AvgIpc) is 2.86. The Bertz CT molecular complexity index is 1240. The Morgan fingerprint density at radius 1 is 0.548 bits per heavy atom. The summed E-state index contributed by atoms with van der Waals surface area (Å²) < 4.78 is 0. The van der Waals surface area contributed by atoms with Gasteiger partial charge in [0.25, 0.3) is 0 Å². The molecule has 0 atom stereocenters. The molecule has 31 heavy (non-hydrogen) atoms. The van der Waals surface area contributed by atoms with E-state index in [9.17, 15) is 4.79 Å². The molecule has 150 valence electrons. The Balaban J connectivity index is 1.83. The van der Waals surface area contributed by atoms with E-state index in [4.69, 9.17) is 0 Å². The van der Waals surface area contributed by atoms with E-state index in [1.165, 1.54) is 0 Å². The fraction of sp³-hybridized carbons (Fsp3) is 0. The molecule has 4 aromatic carbocycles. The minimum absolute atomic E-state index is 0.158. The molecule has 0 aromatic heterocycles. The van der Waals surface area contributed by atoms with Crippen molar-refractivity contribution in [3.63, 3.8) is 0 Å². The highest BCUT2D eigenvalue weighted by Crippen LogP contribution is 2.57. The topological polar surface area (TPSA) is 41.1 Å². The van der Waals surface area contributed by atoms with E-state index >= 15 is 0 Å². The number of hydrogen-bond donors (Lipinski definition) is 2. The number of hydrazine groups is 1. The third-order valence-corrected chi connectivity index (χ3v) is 9.69. The minimum Gasteiger partial charge on any atom is -0.308 e. The summed E-state index contributed by atoms with van der Waals surface area (Å²) in [6.07, 6.45) is 3.79. The van der Waals surface area contributed by atoms with Crippen LogP contribution in [0.2, 0.25) is 0 Å². The number of hydrogen-bond acceptors (Lipinski definition) is 3. The molecule has 0 aliphatic carbocycles. The summed E-state index contributed by atoms with van der Waals surface area (Å²) in [6, 6.07) is 36.6. The summed E-state index contributed by atoms with van der Waals surface area (Å²) in [5, 5.41) is 5.23. The quantitative estimate of drug-likeness (QED) is 0.487. The average molecular weight is 421 g/mol. The lowest BCUT2D eigenvalue weighted by atomic mass is 10.1. The molecule has 1 aliphatic heterocycles. The smallest absolute Gasteiger partial charge is 0.308 e. The van der Waals surface area contributed by atoms with Gasteiger partial charge in [-0.2, -0.15) is 0 Å². The summed E-state index contributed by atoms with van der Waals surface area (Å²) in [6.45, 7) is 0. The Morgan fingerprint density at radius 3 is 1.48 bits per heavy atom. The van der Waals surface area contributed by atoms with Gasteiger partial charge in [0.15, 0.2) is 7.26 Å². The van der Waals surface area contributed by atoms with E-state index in [2.05, 4.69) is 47.2 Å². The van der Waals surface area contributed by atoms with Crippen LogP contribution in [0.3, 0.4) is 0 Å². The maximum Gasteiger partial charge on any atom is 0.313 e. The van der Waals surface area contributed by atoms with Gasteiger partial charge in [0.1, 0.15) is 15.9 Å². The minimum atomic E-state index is -2.60. The standard InChI is InChI=1S/C27H21N2OP/c30-27(21-16-17-22-19-28-29-20-23(22)18-21)31(24-10-4-1-5-11-24,25-12-6-2-7-13-25)26-14-8-3-9-15-26/h1-20,28H/p+1. The number of carbonyl (C=O) groups excluding carboxylic acids is 1. The van der Waals surface area contributed by atoms with E-state index < -0.39 is 7.26 Å². The Kier molecular flexibility index (Phi) is 5.11. The van der Waals surface area contributed by atoms with Gasteiger partial charge >= 0.3 is 5.52 Å². The molecule has 0 radical (unpaired) electrons. The maximum atomic E-state index is 14.5. The highest BCUT2D eigenvalue weighted by Gasteiger charge is 2.53. The molecule has 2 N–H and O–H groups in total. The Hall–Kier alpha value is -3.68. The first-order valence-corrected chi connectivity index (χ1v) is 12.0. The van der Waals surface area contributed by atoms with Crippen molar-refractivity contribution in [2.75, 3.05) is 0 Å². The van der Waals surface area contributed by atoms with Crippen molar-refractivity contribution in [1.29, 1.82) is 0 Å². The summed E-state index contributed by atoms with van der Waals surface area (Å²) in [7, 11) is -2.60. The molecule has 5 rings (SSSR count). The summed E-state index contributed by atoms with van der Waals surface area (Å²) >= 11 is 0. The van der Waals surface area contributed by atoms with Crippen LogP contribution in [-0.2, 0) is 0 Å². The van der Waals surface area contributed by atoms with E-state index in [1.807, 2.05) is 85.2 Å². The first-order chi connectivity index (χ1) is 15.3. The second kappa shape index (κ2) is 8.22. The first kappa shape index (κ1) is 19.3. The lowest BCUT2D eigenvalue weighted by Gasteiger charge is -2.25. The summed E-state index contributed by atoms with van der Waals surface area (Å²) in [4.78, 5) is 14.5. The van der Waals surface area contributed by atoms with Crippen LogP contribution in [0.15, 0.2) is 109 Å². The van der Waals surface area contributed by atoms with Gasteiger partial charge in [0, 0.05) is 22.8 Å². The highest BCUT2D eigenvalue weighted by atomic mass is 31.2. The van der Waals surface area contributed by atoms with E-state index in [1.54, 1.807) is 0 Å². The van der Waals surface area contributed by atoms with Crippen molar-refractivity contribution >= 4 is 41.1 Å². The van der Waals surface area contributed by atoms with Crippen LogP contribution in [0.1, 0.15) is 10.4 Å².